The number of fused-ring (bicyclic) bond motifs is 1. The highest BCUT2D eigenvalue weighted by Gasteiger charge is 2.25. The first kappa shape index (κ1) is 31.7. The van der Waals surface area contributed by atoms with Crippen LogP contribution in [0.15, 0.2) is 47.1 Å². The average molecular weight is 590 g/mol. The lowest BCUT2D eigenvalue weighted by Gasteiger charge is -2.31. The molecule has 1 saturated heterocycles. The Hall–Kier alpha value is -4.27. The molecule has 0 amide bonds. The van der Waals surface area contributed by atoms with Crippen LogP contribution >= 0.6 is 0 Å². The SMILES string of the molecule is CN(C)Cc1c(OCC2CC2)ccc2c(CCC3CCN(Cc4cc(C#N)ccn4)CC3)noc12.O=C(O)/C=C/C(=O)O. The lowest BCUT2D eigenvalue weighted by Crippen LogP contribution is -2.33. The van der Waals surface area contributed by atoms with Gasteiger partial charge in [-0.2, -0.15) is 5.26 Å². The molecule has 0 radical (unpaired) electrons. The van der Waals surface area contributed by atoms with E-state index >= 15 is 0 Å². The van der Waals surface area contributed by atoms with Gasteiger partial charge in [0.15, 0.2) is 5.58 Å². The highest BCUT2D eigenvalue weighted by molar-refractivity contribution is 5.89. The summed E-state index contributed by atoms with van der Waals surface area (Å²) in [5, 5.41) is 30.3. The molecule has 2 N–H and O–H groups in total. The highest BCUT2D eigenvalue weighted by Crippen LogP contribution is 2.35. The largest absolute Gasteiger partial charge is 0.493 e. The second kappa shape index (κ2) is 15.3. The van der Waals surface area contributed by atoms with Crippen molar-refractivity contribution < 1.29 is 29.1 Å². The van der Waals surface area contributed by atoms with Crippen molar-refractivity contribution >= 4 is 22.9 Å². The minimum absolute atomic E-state index is 0.558. The molecule has 228 valence electrons. The van der Waals surface area contributed by atoms with Gasteiger partial charge < -0.3 is 24.4 Å². The fourth-order valence-corrected chi connectivity index (χ4v) is 5.14. The Balaban J connectivity index is 0.000000467. The summed E-state index contributed by atoms with van der Waals surface area (Å²) in [6, 6.07) is 10.1. The summed E-state index contributed by atoms with van der Waals surface area (Å²) in [5.74, 6) is -0.171. The predicted octanol–water partition coefficient (Wildman–Crippen LogP) is 4.50. The Morgan fingerprint density at radius 3 is 2.47 bits per heavy atom. The summed E-state index contributed by atoms with van der Waals surface area (Å²) >= 11 is 0. The molecular weight excluding hydrogens is 550 g/mol. The van der Waals surface area contributed by atoms with Crippen LogP contribution in [0, 0.1) is 23.2 Å². The summed E-state index contributed by atoms with van der Waals surface area (Å²) in [7, 11) is 4.15. The van der Waals surface area contributed by atoms with Gasteiger partial charge in [0, 0.05) is 36.8 Å². The Morgan fingerprint density at radius 1 is 1.12 bits per heavy atom. The molecule has 5 rings (SSSR count). The summed E-state index contributed by atoms with van der Waals surface area (Å²) in [5.41, 5.74) is 4.71. The van der Waals surface area contributed by atoms with E-state index < -0.39 is 11.9 Å². The van der Waals surface area contributed by atoms with Crippen molar-refractivity contribution in [1.82, 2.24) is 19.9 Å². The van der Waals surface area contributed by atoms with E-state index in [4.69, 9.17) is 24.7 Å². The van der Waals surface area contributed by atoms with E-state index in [9.17, 15) is 9.59 Å². The molecule has 3 heterocycles. The summed E-state index contributed by atoms with van der Waals surface area (Å²) in [4.78, 5) is 28.1. The number of nitriles is 1. The third-order valence-corrected chi connectivity index (χ3v) is 7.62. The molecule has 1 aromatic carbocycles. The van der Waals surface area contributed by atoms with E-state index in [-0.39, 0.29) is 0 Å². The van der Waals surface area contributed by atoms with Gasteiger partial charge in [0.1, 0.15) is 5.75 Å². The van der Waals surface area contributed by atoms with Crippen LogP contribution in [-0.2, 0) is 29.1 Å². The van der Waals surface area contributed by atoms with Crippen molar-refractivity contribution in [1.29, 1.82) is 5.26 Å². The first-order valence-corrected chi connectivity index (χ1v) is 14.6. The number of pyridine rings is 1. The number of carbonyl (C=O) groups is 2. The molecule has 1 saturated carbocycles. The highest BCUT2D eigenvalue weighted by atomic mass is 16.5. The maximum Gasteiger partial charge on any atom is 0.328 e. The number of carboxylic acids is 2. The van der Waals surface area contributed by atoms with Gasteiger partial charge in [-0.3, -0.25) is 9.88 Å². The number of nitrogens with zero attached hydrogens (tertiary/aromatic N) is 5. The van der Waals surface area contributed by atoms with Crippen molar-refractivity contribution in [3.05, 3.63) is 65.1 Å². The molecule has 2 fully saturated rings. The van der Waals surface area contributed by atoms with Gasteiger partial charge in [-0.15, -0.1) is 0 Å². The molecule has 11 heteroatoms. The molecule has 1 aliphatic carbocycles. The summed E-state index contributed by atoms with van der Waals surface area (Å²) in [6.07, 6.45) is 9.83. The zero-order valence-corrected chi connectivity index (χ0v) is 24.7. The molecule has 3 aromatic rings. The Kier molecular flexibility index (Phi) is 11.2. The van der Waals surface area contributed by atoms with Crippen LogP contribution in [0.2, 0.25) is 0 Å². The van der Waals surface area contributed by atoms with Crippen molar-refractivity contribution in [2.75, 3.05) is 33.8 Å². The number of benzene rings is 1. The fraction of sp³-hybridized carbons (Fsp3) is 0.469. The van der Waals surface area contributed by atoms with E-state index in [1.54, 1.807) is 12.3 Å². The summed E-state index contributed by atoms with van der Waals surface area (Å²) < 4.78 is 12.1. The minimum atomic E-state index is -1.26. The zero-order valence-electron chi connectivity index (χ0n) is 24.7. The van der Waals surface area contributed by atoms with E-state index in [0.717, 1.165) is 79.3 Å². The number of aromatic nitrogens is 2. The molecule has 43 heavy (non-hydrogen) atoms. The van der Waals surface area contributed by atoms with Gasteiger partial charge in [0.05, 0.1) is 35.2 Å². The summed E-state index contributed by atoms with van der Waals surface area (Å²) in [6.45, 7) is 4.52. The van der Waals surface area contributed by atoms with Crippen LogP contribution in [0.4, 0.5) is 0 Å². The van der Waals surface area contributed by atoms with Gasteiger partial charge in [-0.05, 0) is 102 Å². The number of aryl methyl sites for hydroxylation is 1. The molecular formula is C32H39N5O6. The first-order valence-electron chi connectivity index (χ1n) is 14.6. The average Bonchev–Trinajstić information content (AvgIpc) is 3.73. The van der Waals surface area contributed by atoms with Crippen molar-refractivity contribution in [2.45, 2.75) is 51.6 Å². The van der Waals surface area contributed by atoms with Gasteiger partial charge in [0.25, 0.3) is 0 Å². The number of hydrogen-bond donors (Lipinski definition) is 2. The van der Waals surface area contributed by atoms with Crippen LogP contribution in [0.25, 0.3) is 11.0 Å². The first-order chi connectivity index (χ1) is 20.7. The number of piperidine rings is 1. The Morgan fingerprint density at radius 2 is 1.84 bits per heavy atom. The number of hydrogen-bond acceptors (Lipinski definition) is 9. The topological polar surface area (TPSA) is 153 Å². The third kappa shape index (κ3) is 9.91. The van der Waals surface area contributed by atoms with Crippen molar-refractivity contribution in [2.24, 2.45) is 11.8 Å². The Bertz CT molecular complexity index is 1450. The van der Waals surface area contributed by atoms with Gasteiger partial charge in [0.2, 0.25) is 0 Å². The standard InChI is InChI=1S/C28H35N5O2.C4H4O4/c1-32(2)18-25-27(34-19-21-3-4-21)8-6-24-26(31-35-28(24)25)7-5-20-10-13-33(14-11-20)17-23-15-22(16-29)9-12-30-23;5-3(6)1-2-4(7)8/h6,8-9,12,15,20-21H,3-5,7,10-11,13-14,17-19H2,1-2H3;1-2H,(H,5,6)(H,7,8)/b;2-1+. The molecule has 11 nitrogen and oxygen atoms in total. The monoisotopic (exact) mass is 589 g/mol. The molecule has 0 unspecified atom stereocenters. The van der Waals surface area contributed by atoms with Gasteiger partial charge in [-0.1, -0.05) is 5.16 Å². The van der Waals surface area contributed by atoms with Crippen LogP contribution in [0.3, 0.4) is 0 Å². The number of rotatable bonds is 12. The van der Waals surface area contributed by atoms with Crippen LogP contribution in [0.5, 0.6) is 5.75 Å². The quantitative estimate of drug-likeness (QED) is 0.287. The molecule has 1 aliphatic heterocycles. The van der Waals surface area contributed by atoms with Crippen LogP contribution in [-0.4, -0.2) is 75.9 Å². The lowest BCUT2D eigenvalue weighted by molar-refractivity contribution is -0.134. The van der Waals surface area contributed by atoms with E-state index in [2.05, 4.69) is 52.2 Å². The van der Waals surface area contributed by atoms with E-state index in [1.165, 1.54) is 25.7 Å². The molecule has 2 aliphatic rings. The normalized spacial score (nSPS) is 15.8. The predicted molar refractivity (Wildman–Crippen MR) is 159 cm³/mol. The number of ether oxygens (including phenoxy) is 1. The van der Waals surface area contributed by atoms with Crippen molar-refractivity contribution in [3.8, 4) is 11.8 Å². The van der Waals surface area contributed by atoms with Gasteiger partial charge in [-0.25, -0.2) is 9.59 Å². The van der Waals surface area contributed by atoms with E-state index in [0.29, 0.717) is 29.6 Å². The third-order valence-electron chi connectivity index (χ3n) is 7.62. The fourth-order valence-electron chi connectivity index (χ4n) is 5.14. The lowest BCUT2D eigenvalue weighted by atomic mass is 9.91. The van der Waals surface area contributed by atoms with E-state index in [1.807, 2.05) is 6.07 Å². The van der Waals surface area contributed by atoms with Gasteiger partial charge >= 0.3 is 11.9 Å². The minimum Gasteiger partial charge on any atom is -0.493 e. The second-order valence-electron chi connectivity index (χ2n) is 11.5. The number of aliphatic carboxylic acids is 2. The smallest absolute Gasteiger partial charge is 0.328 e. The van der Waals surface area contributed by atoms with Crippen LogP contribution in [0.1, 0.15) is 54.6 Å². The molecule has 0 spiro atoms. The maximum atomic E-state index is 9.55. The number of likely N-dealkylation sites (tertiary alicyclic amines) is 1. The maximum absolute atomic E-state index is 9.55. The molecule has 2 aromatic heterocycles. The molecule has 0 bridgehead atoms. The zero-order chi connectivity index (χ0) is 30.8. The molecule has 0 atom stereocenters. The van der Waals surface area contributed by atoms with Crippen molar-refractivity contribution in [3.63, 3.8) is 0 Å². The second-order valence-corrected chi connectivity index (χ2v) is 11.5. The Labute approximate surface area is 251 Å². The number of carboxylic acid groups (broad SMARTS) is 2. The van der Waals surface area contributed by atoms with Crippen LogP contribution < -0.4 is 4.74 Å².